The Kier molecular flexibility index (Phi) is 4.95. The first-order chi connectivity index (χ1) is 9.45. The average Bonchev–Trinajstić information content (AvgIpc) is 2.36. The summed E-state index contributed by atoms with van der Waals surface area (Å²) < 4.78 is 5.48. The minimum Gasteiger partial charge on any atom is -0.456 e. The number of rotatable bonds is 5. The van der Waals surface area contributed by atoms with E-state index in [0.717, 1.165) is 0 Å². The van der Waals surface area contributed by atoms with Gasteiger partial charge in [0.1, 0.15) is 11.2 Å². The van der Waals surface area contributed by atoms with Crippen LogP contribution in [0.25, 0.3) is 0 Å². The van der Waals surface area contributed by atoms with Crippen LogP contribution in [0.3, 0.4) is 0 Å². The molecular weight excluding hydrogens is 268 g/mol. The van der Waals surface area contributed by atoms with Crippen molar-refractivity contribution in [2.75, 3.05) is 0 Å². The highest BCUT2D eigenvalue weighted by Crippen LogP contribution is 2.22. The molecule has 0 radical (unpaired) electrons. The SMILES string of the molecule is CC(C)C(C)(C)OC(=O)c1ccc(C(=O)C(C)(C)O)cc1. The zero-order valence-electron chi connectivity index (χ0n) is 13.6. The molecule has 0 saturated carbocycles. The lowest BCUT2D eigenvalue weighted by Crippen LogP contribution is -2.33. The van der Waals surface area contributed by atoms with Crippen molar-refractivity contribution < 1.29 is 19.4 Å². The molecule has 0 aromatic heterocycles. The molecule has 0 heterocycles. The maximum atomic E-state index is 12.1. The second kappa shape index (κ2) is 5.98. The molecule has 0 saturated heterocycles. The van der Waals surface area contributed by atoms with Crippen LogP contribution in [-0.2, 0) is 4.74 Å². The highest BCUT2D eigenvalue weighted by Gasteiger charge is 2.28. The van der Waals surface area contributed by atoms with E-state index in [-0.39, 0.29) is 11.7 Å². The van der Waals surface area contributed by atoms with Crippen molar-refractivity contribution >= 4 is 11.8 Å². The molecule has 0 aliphatic rings. The summed E-state index contributed by atoms with van der Waals surface area (Å²) in [5.74, 6) is -0.613. The van der Waals surface area contributed by atoms with E-state index in [0.29, 0.717) is 11.1 Å². The normalized spacial score (nSPS) is 12.4. The van der Waals surface area contributed by atoms with Crippen LogP contribution in [0.2, 0.25) is 0 Å². The summed E-state index contributed by atoms with van der Waals surface area (Å²) in [6, 6.07) is 6.13. The van der Waals surface area contributed by atoms with Crippen LogP contribution in [0.4, 0.5) is 0 Å². The first-order valence-electron chi connectivity index (χ1n) is 7.05. The lowest BCUT2D eigenvalue weighted by molar-refractivity contribution is -0.0222. The molecule has 0 unspecified atom stereocenters. The second-order valence-corrected chi connectivity index (χ2v) is 6.61. The van der Waals surface area contributed by atoms with Crippen molar-refractivity contribution in [1.82, 2.24) is 0 Å². The van der Waals surface area contributed by atoms with Crippen molar-refractivity contribution in [3.05, 3.63) is 35.4 Å². The van der Waals surface area contributed by atoms with Crippen LogP contribution >= 0.6 is 0 Å². The van der Waals surface area contributed by atoms with E-state index < -0.39 is 17.2 Å². The number of ketones is 1. The quantitative estimate of drug-likeness (QED) is 0.668. The molecule has 0 spiro atoms. The number of benzene rings is 1. The highest BCUT2D eigenvalue weighted by atomic mass is 16.6. The molecule has 1 N–H and O–H groups in total. The van der Waals surface area contributed by atoms with Gasteiger partial charge in [0.05, 0.1) is 5.56 Å². The topological polar surface area (TPSA) is 63.6 Å². The Balaban J connectivity index is 2.89. The first kappa shape index (κ1) is 17.4. The Morgan fingerprint density at radius 1 is 1.00 bits per heavy atom. The Labute approximate surface area is 126 Å². The number of carbonyl (C=O) groups excluding carboxylic acids is 2. The average molecular weight is 292 g/mol. The maximum absolute atomic E-state index is 12.1. The van der Waals surface area contributed by atoms with Gasteiger partial charge in [-0.1, -0.05) is 26.0 Å². The van der Waals surface area contributed by atoms with Crippen molar-refractivity contribution in [3.8, 4) is 0 Å². The third-order valence-electron chi connectivity index (χ3n) is 3.68. The van der Waals surface area contributed by atoms with Gasteiger partial charge < -0.3 is 9.84 Å². The summed E-state index contributed by atoms with van der Waals surface area (Å²) in [6.45, 7) is 10.6. The number of carbonyl (C=O) groups is 2. The molecule has 1 rings (SSSR count). The Morgan fingerprint density at radius 2 is 1.43 bits per heavy atom. The van der Waals surface area contributed by atoms with Gasteiger partial charge in [-0.25, -0.2) is 4.79 Å². The lowest BCUT2D eigenvalue weighted by Gasteiger charge is -2.29. The fourth-order valence-corrected chi connectivity index (χ4v) is 1.53. The number of hydrogen-bond donors (Lipinski definition) is 1. The Bertz CT molecular complexity index is 519. The number of hydrogen-bond acceptors (Lipinski definition) is 4. The van der Waals surface area contributed by atoms with Crippen LogP contribution in [-0.4, -0.2) is 28.1 Å². The van der Waals surface area contributed by atoms with Crippen LogP contribution in [0.15, 0.2) is 24.3 Å². The molecule has 0 atom stereocenters. The van der Waals surface area contributed by atoms with Gasteiger partial charge in [-0.3, -0.25) is 4.79 Å². The lowest BCUT2D eigenvalue weighted by atomic mass is 9.94. The molecular formula is C17H24O4. The molecule has 0 aliphatic carbocycles. The largest absolute Gasteiger partial charge is 0.456 e. The molecule has 1 aromatic rings. The summed E-state index contributed by atoms with van der Waals surface area (Å²) >= 11 is 0. The number of Topliss-reactive ketones (excluding diaryl/α,β-unsaturated/α-hetero) is 1. The molecule has 4 heteroatoms. The predicted octanol–water partition coefficient (Wildman–Crippen LogP) is 3.23. The van der Waals surface area contributed by atoms with Gasteiger partial charge in [-0.2, -0.15) is 0 Å². The molecule has 0 bridgehead atoms. The summed E-state index contributed by atoms with van der Waals surface area (Å²) in [5, 5.41) is 9.69. The predicted molar refractivity (Wildman–Crippen MR) is 81.4 cm³/mol. The number of esters is 1. The van der Waals surface area contributed by atoms with E-state index in [9.17, 15) is 14.7 Å². The van der Waals surface area contributed by atoms with E-state index in [1.54, 1.807) is 0 Å². The maximum Gasteiger partial charge on any atom is 0.338 e. The second-order valence-electron chi connectivity index (χ2n) is 6.61. The third kappa shape index (κ3) is 4.39. The molecule has 116 valence electrons. The Hall–Kier alpha value is -1.68. The molecule has 4 nitrogen and oxygen atoms in total. The monoisotopic (exact) mass is 292 g/mol. The van der Waals surface area contributed by atoms with Gasteiger partial charge in [0.25, 0.3) is 0 Å². The minimum atomic E-state index is -1.43. The fourth-order valence-electron chi connectivity index (χ4n) is 1.53. The van der Waals surface area contributed by atoms with Gasteiger partial charge >= 0.3 is 5.97 Å². The van der Waals surface area contributed by atoms with Crippen LogP contribution < -0.4 is 0 Å². The molecule has 1 aromatic carbocycles. The van der Waals surface area contributed by atoms with E-state index in [4.69, 9.17) is 4.74 Å². The molecule has 0 fully saturated rings. The van der Waals surface area contributed by atoms with Crippen molar-refractivity contribution in [3.63, 3.8) is 0 Å². The molecule has 0 amide bonds. The van der Waals surface area contributed by atoms with E-state index >= 15 is 0 Å². The van der Waals surface area contributed by atoms with Gasteiger partial charge in [-0.15, -0.1) is 0 Å². The standard InChI is InChI=1S/C17H24O4/c1-11(2)17(5,6)21-15(19)13-9-7-12(8-10-13)14(18)16(3,4)20/h7-11,20H,1-6H3. The van der Waals surface area contributed by atoms with Gasteiger partial charge in [0.2, 0.25) is 0 Å². The molecule has 21 heavy (non-hydrogen) atoms. The fraction of sp³-hybridized carbons (Fsp3) is 0.529. The zero-order valence-corrected chi connectivity index (χ0v) is 13.6. The summed E-state index contributed by atoms with van der Waals surface area (Å²) in [5.41, 5.74) is -1.24. The van der Waals surface area contributed by atoms with Crippen molar-refractivity contribution in [1.29, 1.82) is 0 Å². The van der Waals surface area contributed by atoms with Crippen LogP contribution in [0.5, 0.6) is 0 Å². The first-order valence-corrected chi connectivity index (χ1v) is 7.05. The molecule has 0 aliphatic heterocycles. The summed E-state index contributed by atoms with van der Waals surface area (Å²) in [7, 11) is 0. The highest BCUT2D eigenvalue weighted by molar-refractivity contribution is 6.02. The van der Waals surface area contributed by atoms with E-state index in [1.807, 2.05) is 27.7 Å². The number of aliphatic hydroxyl groups is 1. The Morgan fingerprint density at radius 3 is 1.81 bits per heavy atom. The van der Waals surface area contributed by atoms with Gasteiger partial charge in [-0.05, 0) is 45.7 Å². The smallest absolute Gasteiger partial charge is 0.338 e. The summed E-state index contributed by atoms with van der Waals surface area (Å²) in [6.07, 6.45) is 0. The van der Waals surface area contributed by atoms with Crippen molar-refractivity contribution in [2.24, 2.45) is 5.92 Å². The van der Waals surface area contributed by atoms with Crippen LogP contribution in [0, 0.1) is 5.92 Å². The van der Waals surface area contributed by atoms with Crippen LogP contribution in [0.1, 0.15) is 62.3 Å². The third-order valence-corrected chi connectivity index (χ3v) is 3.68. The van der Waals surface area contributed by atoms with E-state index in [2.05, 4.69) is 0 Å². The van der Waals surface area contributed by atoms with Crippen molar-refractivity contribution in [2.45, 2.75) is 52.7 Å². The summed E-state index contributed by atoms with van der Waals surface area (Å²) in [4.78, 5) is 24.0. The van der Waals surface area contributed by atoms with Gasteiger partial charge in [0, 0.05) is 5.56 Å². The minimum absolute atomic E-state index is 0.192. The zero-order chi connectivity index (χ0) is 16.4. The van der Waals surface area contributed by atoms with E-state index in [1.165, 1.54) is 38.1 Å². The van der Waals surface area contributed by atoms with Gasteiger partial charge in [0.15, 0.2) is 5.78 Å². The number of ether oxygens (including phenoxy) is 1.